The lowest BCUT2D eigenvalue weighted by Gasteiger charge is -2.07. The first kappa shape index (κ1) is 10.4. The summed E-state index contributed by atoms with van der Waals surface area (Å²) in [6, 6.07) is 7.99. The van der Waals surface area contributed by atoms with Crippen molar-refractivity contribution in [2.24, 2.45) is 0 Å². The van der Waals surface area contributed by atoms with Crippen molar-refractivity contribution < 1.29 is 9.13 Å². The third-order valence-electron chi connectivity index (χ3n) is 2.15. The lowest BCUT2D eigenvalue weighted by Crippen LogP contribution is -1.93. The minimum atomic E-state index is -0.494. The molecule has 2 N–H and O–H groups in total. The number of anilines is 1. The molecule has 1 aromatic heterocycles. The Labute approximate surface area is 92.7 Å². The Morgan fingerprint density at radius 2 is 2.12 bits per heavy atom. The van der Waals surface area contributed by atoms with Crippen LogP contribution in [0.25, 0.3) is 0 Å². The van der Waals surface area contributed by atoms with Gasteiger partial charge in [0.1, 0.15) is 11.6 Å². The third kappa shape index (κ3) is 2.11. The number of aromatic nitrogens is 1. The van der Waals surface area contributed by atoms with E-state index in [-0.39, 0.29) is 5.69 Å². The maximum absolute atomic E-state index is 13.2. The summed E-state index contributed by atoms with van der Waals surface area (Å²) in [4.78, 5) is 4.05. The average Bonchev–Trinajstić information content (AvgIpc) is 2.27. The number of rotatable bonds is 2. The molecular formula is C12H11FN2O. The van der Waals surface area contributed by atoms with Crippen molar-refractivity contribution in [2.45, 2.75) is 6.92 Å². The molecular weight excluding hydrogens is 207 g/mol. The largest absolute Gasteiger partial charge is 0.439 e. The highest BCUT2D eigenvalue weighted by atomic mass is 19.1. The van der Waals surface area contributed by atoms with E-state index in [0.29, 0.717) is 11.6 Å². The van der Waals surface area contributed by atoms with E-state index in [1.54, 1.807) is 12.3 Å². The molecule has 0 bridgehead atoms. The summed E-state index contributed by atoms with van der Waals surface area (Å²) in [5.41, 5.74) is 6.36. The molecule has 0 atom stereocenters. The van der Waals surface area contributed by atoms with Gasteiger partial charge in [0.15, 0.2) is 0 Å². The van der Waals surface area contributed by atoms with Crippen LogP contribution in [0.2, 0.25) is 0 Å². The summed E-state index contributed by atoms with van der Waals surface area (Å²) in [6.07, 6.45) is 1.62. The van der Waals surface area contributed by atoms with Gasteiger partial charge in [-0.25, -0.2) is 9.37 Å². The van der Waals surface area contributed by atoms with Crippen molar-refractivity contribution in [2.75, 3.05) is 5.73 Å². The zero-order valence-electron chi connectivity index (χ0n) is 8.77. The molecule has 1 aromatic carbocycles. The number of benzene rings is 1. The molecule has 0 radical (unpaired) electrons. The molecule has 82 valence electrons. The van der Waals surface area contributed by atoms with Crippen LogP contribution in [0.15, 0.2) is 36.5 Å². The normalized spacial score (nSPS) is 10.1. The minimum Gasteiger partial charge on any atom is -0.439 e. The van der Waals surface area contributed by atoms with Crippen molar-refractivity contribution >= 4 is 5.69 Å². The summed E-state index contributed by atoms with van der Waals surface area (Å²) < 4.78 is 18.6. The van der Waals surface area contributed by atoms with Crippen LogP contribution in [0.1, 0.15) is 5.56 Å². The van der Waals surface area contributed by atoms with Crippen molar-refractivity contribution in [1.82, 2.24) is 4.98 Å². The number of nitrogen functional groups attached to an aromatic ring is 1. The van der Waals surface area contributed by atoms with Crippen molar-refractivity contribution in [3.05, 3.63) is 47.9 Å². The third-order valence-corrected chi connectivity index (χ3v) is 2.15. The van der Waals surface area contributed by atoms with E-state index in [4.69, 9.17) is 10.5 Å². The number of hydrogen-bond donors (Lipinski definition) is 1. The second kappa shape index (κ2) is 4.18. The van der Waals surface area contributed by atoms with Crippen LogP contribution in [0.5, 0.6) is 11.6 Å². The van der Waals surface area contributed by atoms with Gasteiger partial charge in [0.2, 0.25) is 5.88 Å². The molecule has 0 unspecified atom stereocenters. The van der Waals surface area contributed by atoms with Gasteiger partial charge in [-0.1, -0.05) is 6.07 Å². The number of nitrogens with two attached hydrogens (primary N) is 1. The number of halogens is 1. The predicted molar refractivity (Wildman–Crippen MR) is 59.9 cm³/mol. The molecule has 3 nitrogen and oxygen atoms in total. The fourth-order valence-electron chi connectivity index (χ4n) is 1.26. The average molecular weight is 218 g/mol. The highest BCUT2D eigenvalue weighted by molar-refractivity contribution is 5.44. The van der Waals surface area contributed by atoms with E-state index in [9.17, 15) is 4.39 Å². The molecule has 0 amide bonds. The zero-order valence-corrected chi connectivity index (χ0v) is 8.77. The van der Waals surface area contributed by atoms with Crippen LogP contribution in [0.3, 0.4) is 0 Å². The summed E-state index contributed by atoms with van der Waals surface area (Å²) in [6.45, 7) is 1.87. The topological polar surface area (TPSA) is 48.1 Å². The Bertz CT molecular complexity index is 514. The van der Waals surface area contributed by atoms with Gasteiger partial charge in [0, 0.05) is 17.8 Å². The molecule has 0 aliphatic heterocycles. The van der Waals surface area contributed by atoms with Crippen LogP contribution in [0.4, 0.5) is 10.1 Å². The molecule has 0 aliphatic rings. The highest BCUT2D eigenvalue weighted by Gasteiger charge is 2.04. The van der Waals surface area contributed by atoms with Crippen LogP contribution in [-0.2, 0) is 0 Å². The Morgan fingerprint density at radius 1 is 1.31 bits per heavy atom. The molecule has 1 heterocycles. The fraction of sp³-hybridized carbons (Fsp3) is 0.0833. The Kier molecular flexibility index (Phi) is 2.72. The lowest BCUT2D eigenvalue weighted by molar-refractivity contribution is 0.454. The van der Waals surface area contributed by atoms with Crippen molar-refractivity contribution in [3.8, 4) is 11.6 Å². The summed E-state index contributed by atoms with van der Waals surface area (Å²) in [5.74, 6) is 0.353. The van der Waals surface area contributed by atoms with Gasteiger partial charge in [-0.15, -0.1) is 0 Å². The quantitative estimate of drug-likeness (QED) is 0.788. The number of nitrogens with zero attached hydrogens (tertiary/aromatic N) is 1. The number of aryl methyl sites for hydroxylation is 1. The molecule has 2 rings (SSSR count). The van der Waals surface area contributed by atoms with Gasteiger partial charge in [0.25, 0.3) is 0 Å². The zero-order chi connectivity index (χ0) is 11.5. The predicted octanol–water partition coefficient (Wildman–Crippen LogP) is 2.90. The van der Waals surface area contributed by atoms with Gasteiger partial charge in [-0.2, -0.15) is 0 Å². The Balaban J connectivity index is 2.28. The standard InChI is InChI=1S/C12H11FN2O/c1-8-3-2-6-15-12(8)16-9-4-5-11(14)10(13)7-9/h2-7H,14H2,1H3. The van der Waals surface area contributed by atoms with Gasteiger partial charge in [-0.05, 0) is 25.1 Å². The molecule has 0 fully saturated rings. The summed E-state index contributed by atoms with van der Waals surface area (Å²) in [5, 5.41) is 0. The maximum atomic E-state index is 13.2. The van der Waals surface area contributed by atoms with E-state index in [1.807, 2.05) is 19.1 Å². The monoisotopic (exact) mass is 218 g/mol. The lowest BCUT2D eigenvalue weighted by atomic mass is 10.3. The van der Waals surface area contributed by atoms with Gasteiger partial charge >= 0.3 is 0 Å². The molecule has 0 saturated carbocycles. The molecule has 16 heavy (non-hydrogen) atoms. The van der Waals surface area contributed by atoms with Gasteiger partial charge in [0.05, 0.1) is 5.69 Å². The van der Waals surface area contributed by atoms with E-state index in [1.165, 1.54) is 12.1 Å². The number of hydrogen-bond acceptors (Lipinski definition) is 3. The molecule has 0 spiro atoms. The number of ether oxygens (including phenoxy) is 1. The molecule has 2 aromatic rings. The van der Waals surface area contributed by atoms with E-state index >= 15 is 0 Å². The smallest absolute Gasteiger partial charge is 0.222 e. The molecule has 0 saturated heterocycles. The molecule has 4 heteroatoms. The van der Waals surface area contributed by atoms with Crippen LogP contribution in [-0.4, -0.2) is 4.98 Å². The fourth-order valence-corrected chi connectivity index (χ4v) is 1.26. The maximum Gasteiger partial charge on any atom is 0.222 e. The van der Waals surface area contributed by atoms with Crippen LogP contribution >= 0.6 is 0 Å². The Hall–Kier alpha value is -2.10. The minimum absolute atomic E-state index is 0.102. The SMILES string of the molecule is Cc1cccnc1Oc1ccc(N)c(F)c1. The second-order valence-electron chi connectivity index (χ2n) is 3.41. The van der Waals surface area contributed by atoms with Crippen molar-refractivity contribution in [3.63, 3.8) is 0 Å². The van der Waals surface area contributed by atoms with Gasteiger partial charge in [-0.3, -0.25) is 0 Å². The first-order chi connectivity index (χ1) is 7.66. The van der Waals surface area contributed by atoms with E-state index < -0.39 is 5.82 Å². The van der Waals surface area contributed by atoms with E-state index in [0.717, 1.165) is 5.56 Å². The highest BCUT2D eigenvalue weighted by Crippen LogP contribution is 2.24. The second-order valence-corrected chi connectivity index (χ2v) is 3.41. The van der Waals surface area contributed by atoms with Crippen LogP contribution < -0.4 is 10.5 Å². The first-order valence-electron chi connectivity index (χ1n) is 4.81. The molecule has 0 aliphatic carbocycles. The van der Waals surface area contributed by atoms with E-state index in [2.05, 4.69) is 4.98 Å². The number of pyridine rings is 1. The first-order valence-corrected chi connectivity index (χ1v) is 4.81. The van der Waals surface area contributed by atoms with Crippen molar-refractivity contribution in [1.29, 1.82) is 0 Å². The Morgan fingerprint density at radius 3 is 2.81 bits per heavy atom. The summed E-state index contributed by atoms with van der Waals surface area (Å²) >= 11 is 0. The van der Waals surface area contributed by atoms with Gasteiger partial charge < -0.3 is 10.5 Å². The van der Waals surface area contributed by atoms with Crippen LogP contribution in [0, 0.1) is 12.7 Å². The summed E-state index contributed by atoms with van der Waals surface area (Å²) in [7, 11) is 0.